The number of thiazole rings is 1. The number of ether oxygens (including phenoxy) is 1. The Hall–Kier alpha value is -0.440. The van der Waals surface area contributed by atoms with Gasteiger partial charge in [0.2, 0.25) is 5.91 Å². The van der Waals surface area contributed by atoms with E-state index in [1.165, 1.54) is 11.3 Å². The molecule has 1 saturated heterocycles. The summed E-state index contributed by atoms with van der Waals surface area (Å²) < 4.78 is 5.34. The number of hydrogen-bond acceptors (Lipinski definition) is 6. The quantitative estimate of drug-likeness (QED) is 0.737. The largest absolute Gasteiger partial charge is 0.379 e. The van der Waals surface area contributed by atoms with Crippen LogP contribution in [0.1, 0.15) is 32.4 Å². The highest BCUT2D eigenvalue weighted by Crippen LogP contribution is 2.28. The summed E-state index contributed by atoms with van der Waals surface area (Å²) in [6.45, 7) is 8.59. The first kappa shape index (κ1) is 23.6. The molecule has 2 heterocycles. The minimum absolute atomic E-state index is 0. The maximum Gasteiger partial charge on any atom is 0.233 e. The number of hydrogen-bond donors (Lipinski definition) is 2. The second kappa shape index (κ2) is 11.2. The number of anilines is 1. The van der Waals surface area contributed by atoms with Crippen LogP contribution in [0, 0.1) is 5.41 Å². The molecule has 1 amide bonds. The lowest BCUT2D eigenvalue weighted by Gasteiger charge is -2.27. The average molecular weight is 399 g/mol. The number of nitrogens with zero attached hydrogens (tertiary/aromatic N) is 2. The predicted molar refractivity (Wildman–Crippen MR) is 103 cm³/mol. The van der Waals surface area contributed by atoms with Gasteiger partial charge in [0.1, 0.15) is 0 Å². The number of amides is 1. The van der Waals surface area contributed by atoms with E-state index >= 15 is 0 Å². The maximum atomic E-state index is 12.5. The molecule has 1 fully saturated rings. The summed E-state index contributed by atoms with van der Waals surface area (Å²) in [6.07, 6.45) is 1.47. The molecule has 0 spiro atoms. The van der Waals surface area contributed by atoms with Gasteiger partial charge in [0.05, 0.1) is 24.3 Å². The van der Waals surface area contributed by atoms with E-state index < -0.39 is 5.41 Å². The second-order valence-corrected chi connectivity index (χ2v) is 6.54. The topological polar surface area (TPSA) is 80.5 Å². The molecule has 3 N–H and O–H groups in total. The molecule has 24 heavy (non-hydrogen) atoms. The first-order valence-electron chi connectivity index (χ1n) is 7.89. The van der Waals surface area contributed by atoms with Gasteiger partial charge in [-0.3, -0.25) is 9.69 Å². The van der Waals surface area contributed by atoms with Crippen LogP contribution in [-0.4, -0.2) is 48.6 Å². The Kier molecular flexibility index (Phi) is 11.0. The molecule has 140 valence electrons. The van der Waals surface area contributed by atoms with Crippen molar-refractivity contribution >= 4 is 47.2 Å². The predicted octanol–water partition coefficient (Wildman–Crippen LogP) is 2.52. The van der Waals surface area contributed by atoms with E-state index in [4.69, 9.17) is 10.5 Å². The van der Waals surface area contributed by atoms with Gasteiger partial charge < -0.3 is 15.8 Å². The van der Waals surface area contributed by atoms with Gasteiger partial charge >= 0.3 is 0 Å². The normalized spacial score (nSPS) is 15.3. The highest BCUT2D eigenvalue weighted by molar-refractivity contribution is 7.13. The molecule has 9 heteroatoms. The maximum absolute atomic E-state index is 12.5. The summed E-state index contributed by atoms with van der Waals surface area (Å²) >= 11 is 1.47. The van der Waals surface area contributed by atoms with E-state index in [0.717, 1.165) is 51.4 Å². The molecule has 6 nitrogen and oxygen atoms in total. The van der Waals surface area contributed by atoms with E-state index in [0.29, 0.717) is 11.7 Å². The zero-order chi connectivity index (χ0) is 16.0. The molecule has 0 aromatic carbocycles. The fourth-order valence-corrected chi connectivity index (χ4v) is 3.30. The second-order valence-electron chi connectivity index (χ2n) is 5.68. The molecule has 1 aliphatic rings. The number of halogens is 2. The molecular weight excluding hydrogens is 371 g/mol. The summed E-state index contributed by atoms with van der Waals surface area (Å²) in [6, 6.07) is 0. The molecule has 0 bridgehead atoms. The number of carbonyl (C=O) groups is 1. The average Bonchev–Trinajstić information content (AvgIpc) is 2.97. The van der Waals surface area contributed by atoms with Crippen molar-refractivity contribution in [3.8, 4) is 0 Å². The van der Waals surface area contributed by atoms with Crippen LogP contribution in [0.25, 0.3) is 0 Å². The van der Waals surface area contributed by atoms with Crippen LogP contribution in [0.2, 0.25) is 0 Å². The van der Waals surface area contributed by atoms with Gasteiger partial charge in [-0.25, -0.2) is 4.98 Å². The molecular formula is C15H28Cl2N4O2S. The van der Waals surface area contributed by atoms with E-state index in [9.17, 15) is 4.79 Å². The first-order valence-corrected chi connectivity index (χ1v) is 8.77. The molecule has 0 radical (unpaired) electrons. The van der Waals surface area contributed by atoms with Crippen LogP contribution in [0.15, 0.2) is 5.38 Å². The molecule has 1 aliphatic heterocycles. The zero-order valence-corrected chi connectivity index (χ0v) is 16.7. The monoisotopic (exact) mass is 398 g/mol. The van der Waals surface area contributed by atoms with Crippen molar-refractivity contribution in [2.45, 2.75) is 33.2 Å². The molecule has 2 rings (SSSR count). The van der Waals surface area contributed by atoms with Crippen LogP contribution in [0.4, 0.5) is 5.13 Å². The van der Waals surface area contributed by atoms with Gasteiger partial charge in [-0.1, -0.05) is 13.8 Å². The third-order valence-corrected chi connectivity index (χ3v) is 5.29. The number of aromatic nitrogens is 1. The molecule has 0 aliphatic carbocycles. The van der Waals surface area contributed by atoms with Crippen LogP contribution in [0.5, 0.6) is 0 Å². The van der Waals surface area contributed by atoms with Gasteiger partial charge in [-0.05, 0) is 12.8 Å². The van der Waals surface area contributed by atoms with E-state index in [2.05, 4.69) is 15.2 Å². The van der Waals surface area contributed by atoms with Crippen molar-refractivity contribution < 1.29 is 9.53 Å². The Balaban J connectivity index is 0.00000264. The number of nitrogens with one attached hydrogen (secondary N) is 1. The molecule has 0 unspecified atom stereocenters. The summed E-state index contributed by atoms with van der Waals surface area (Å²) in [5, 5.41) is 5.61. The Morgan fingerprint density at radius 2 is 2.00 bits per heavy atom. The molecule has 0 saturated carbocycles. The lowest BCUT2D eigenvalue weighted by molar-refractivity contribution is -0.125. The Morgan fingerprint density at radius 1 is 1.38 bits per heavy atom. The Bertz CT molecular complexity index is 483. The zero-order valence-electron chi connectivity index (χ0n) is 14.2. The minimum atomic E-state index is -0.490. The highest BCUT2D eigenvalue weighted by Gasteiger charge is 2.33. The van der Waals surface area contributed by atoms with Crippen molar-refractivity contribution in [2.24, 2.45) is 11.1 Å². The highest BCUT2D eigenvalue weighted by atomic mass is 35.5. The smallest absolute Gasteiger partial charge is 0.233 e. The number of nitrogens with two attached hydrogens (primary N) is 1. The first-order chi connectivity index (χ1) is 10.6. The van der Waals surface area contributed by atoms with Crippen molar-refractivity contribution in [2.75, 3.05) is 38.2 Å². The number of carbonyl (C=O) groups excluding carboxylic acids is 1. The van der Waals surface area contributed by atoms with Crippen molar-refractivity contribution in [3.63, 3.8) is 0 Å². The van der Waals surface area contributed by atoms with E-state index in [1.54, 1.807) is 0 Å². The van der Waals surface area contributed by atoms with Crippen molar-refractivity contribution in [3.05, 3.63) is 11.1 Å². The van der Waals surface area contributed by atoms with Crippen LogP contribution in [0.3, 0.4) is 0 Å². The SMILES string of the molecule is CCC(CC)(CN)C(=O)Nc1nc(CN2CCOCC2)cs1.Cl.Cl. The summed E-state index contributed by atoms with van der Waals surface area (Å²) in [5.74, 6) is -0.0210. The third-order valence-electron chi connectivity index (χ3n) is 4.49. The number of morpholine rings is 1. The van der Waals surface area contributed by atoms with Gasteiger partial charge in [0, 0.05) is 31.6 Å². The summed E-state index contributed by atoms with van der Waals surface area (Å²) in [7, 11) is 0. The van der Waals surface area contributed by atoms with E-state index in [-0.39, 0.29) is 30.7 Å². The number of rotatable bonds is 7. The van der Waals surface area contributed by atoms with Gasteiger partial charge in [-0.2, -0.15) is 0 Å². The Morgan fingerprint density at radius 3 is 2.54 bits per heavy atom. The van der Waals surface area contributed by atoms with Crippen LogP contribution in [-0.2, 0) is 16.1 Å². The lowest BCUT2D eigenvalue weighted by atomic mass is 9.81. The van der Waals surface area contributed by atoms with Gasteiger partial charge in [0.15, 0.2) is 5.13 Å². The van der Waals surface area contributed by atoms with Crippen LogP contribution < -0.4 is 11.1 Å². The van der Waals surface area contributed by atoms with Crippen molar-refractivity contribution in [1.82, 2.24) is 9.88 Å². The summed E-state index contributed by atoms with van der Waals surface area (Å²) in [4.78, 5) is 19.3. The van der Waals surface area contributed by atoms with E-state index in [1.807, 2.05) is 19.2 Å². The minimum Gasteiger partial charge on any atom is -0.379 e. The van der Waals surface area contributed by atoms with Gasteiger partial charge in [-0.15, -0.1) is 36.2 Å². The van der Waals surface area contributed by atoms with Crippen LogP contribution >= 0.6 is 36.2 Å². The van der Waals surface area contributed by atoms with Crippen molar-refractivity contribution in [1.29, 1.82) is 0 Å². The standard InChI is InChI=1S/C15H26N4O2S.2ClH/c1-3-15(4-2,11-16)13(20)18-14-17-12(10-22-14)9-19-5-7-21-8-6-19;;/h10H,3-9,11,16H2,1-2H3,(H,17,18,20);2*1H. The fourth-order valence-electron chi connectivity index (χ4n) is 2.61. The Labute approximate surface area is 160 Å². The molecule has 1 aromatic rings. The molecule has 0 atom stereocenters. The fraction of sp³-hybridized carbons (Fsp3) is 0.733. The van der Waals surface area contributed by atoms with Gasteiger partial charge in [0.25, 0.3) is 0 Å². The lowest BCUT2D eigenvalue weighted by Crippen LogP contribution is -2.41. The summed E-state index contributed by atoms with van der Waals surface area (Å²) in [5.41, 5.74) is 6.32. The molecule has 1 aromatic heterocycles. The third kappa shape index (κ3) is 5.82.